The van der Waals surface area contributed by atoms with Crippen molar-refractivity contribution in [1.29, 1.82) is 0 Å². The molecular formula is C16H21BrN2O. The summed E-state index contributed by atoms with van der Waals surface area (Å²) >= 11 is 3.42. The molecule has 1 N–H and O–H groups in total. The average molecular weight is 337 g/mol. The largest absolute Gasteiger partial charge is 0.341 e. The van der Waals surface area contributed by atoms with Gasteiger partial charge in [-0.1, -0.05) is 22.0 Å². The summed E-state index contributed by atoms with van der Waals surface area (Å²) in [5.74, 6) is 0.770. The molecule has 0 aromatic heterocycles. The first-order chi connectivity index (χ1) is 9.61. The molecule has 3 rings (SSSR count). The Hall–Kier alpha value is -0.870. The number of nitrogens with zero attached hydrogens (tertiary/aromatic N) is 1. The quantitative estimate of drug-likeness (QED) is 0.919. The normalized spacial score (nSPS) is 28.4. The zero-order chi connectivity index (χ0) is 14.1. The zero-order valence-electron chi connectivity index (χ0n) is 11.8. The van der Waals surface area contributed by atoms with E-state index < -0.39 is 0 Å². The molecule has 20 heavy (non-hydrogen) atoms. The van der Waals surface area contributed by atoms with Crippen molar-refractivity contribution in [3.8, 4) is 0 Å². The first kappa shape index (κ1) is 14.1. The van der Waals surface area contributed by atoms with Crippen LogP contribution in [0.3, 0.4) is 0 Å². The van der Waals surface area contributed by atoms with Crippen LogP contribution in [0, 0.1) is 5.92 Å². The summed E-state index contributed by atoms with van der Waals surface area (Å²) in [7, 11) is 1.92. The molecule has 2 unspecified atom stereocenters. The third kappa shape index (κ3) is 3.07. The van der Waals surface area contributed by atoms with Crippen LogP contribution in [0.1, 0.15) is 36.0 Å². The second kappa shape index (κ2) is 5.86. The van der Waals surface area contributed by atoms with Crippen LogP contribution in [0.15, 0.2) is 28.7 Å². The lowest BCUT2D eigenvalue weighted by atomic mass is 9.92. The number of carbonyl (C=O) groups excluding carboxylic acids is 1. The molecule has 0 aliphatic carbocycles. The Morgan fingerprint density at radius 2 is 2.05 bits per heavy atom. The molecule has 0 radical (unpaired) electrons. The van der Waals surface area contributed by atoms with Crippen LogP contribution in [0.4, 0.5) is 0 Å². The van der Waals surface area contributed by atoms with Gasteiger partial charge in [0.25, 0.3) is 5.91 Å². The smallest absolute Gasteiger partial charge is 0.253 e. The lowest BCUT2D eigenvalue weighted by Gasteiger charge is -2.32. The maximum absolute atomic E-state index is 12.4. The molecule has 1 aromatic carbocycles. The Balaban J connectivity index is 1.61. The maximum atomic E-state index is 12.4. The maximum Gasteiger partial charge on any atom is 0.253 e. The molecule has 108 valence electrons. The van der Waals surface area contributed by atoms with Gasteiger partial charge in [-0.2, -0.15) is 0 Å². The first-order valence-electron chi connectivity index (χ1n) is 7.39. The van der Waals surface area contributed by atoms with Crippen molar-refractivity contribution in [1.82, 2.24) is 10.2 Å². The molecule has 2 bridgehead atoms. The van der Waals surface area contributed by atoms with E-state index in [0.29, 0.717) is 18.0 Å². The number of hydrogen-bond donors (Lipinski definition) is 1. The third-order valence-electron chi connectivity index (χ3n) is 4.52. The van der Waals surface area contributed by atoms with Crippen LogP contribution in [0.2, 0.25) is 0 Å². The predicted octanol–water partition coefficient (Wildman–Crippen LogP) is 3.05. The minimum absolute atomic E-state index is 0.122. The zero-order valence-corrected chi connectivity index (χ0v) is 13.4. The highest BCUT2D eigenvalue weighted by Crippen LogP contribution is 2.31. The van der Waals surface area contributed by atoms with E-state index >= 15 is 0 Å². The molecule has 0 spiro atoms. The number of hydrogen-bond acceptors (Lipinski definition) is 2. The molecule has 2 heterocycles. The second-order valence-corrected chi connectivity index (χ2v) is 7.09. The third-order valence-corrected chi connectivity index (χ3v) is 5.01. The summed E-state index contributed by atoms with van der Waals surface area (Å²) in [6.45, 7) is 0.875. The van der Waals surface area contributed by atoms with Gasteiger partial charge in [0, 0.05) is 35.7 Å². The Kier molecular flexibility index (Phi) is 4.13. The standard InChI is InChI=1S/C16H21BrN2O/c1-19(16(20)12-3-2-4-13(17)9-12)10-11-7-14-5-6-15(8-11)18-14/h2-4,9,11,14-15,18H,5-8,10H2,1H3. The Labute approximate surface area is 128 Å². The number of halogens is 1. The molecule has 2 fully saturated rings. The van der Waals surface area contributed by atoms with E-state index in [4.69, 9.17) is 0 Å². The van der Waals surface area contributed by atoms with Gasteiger partial charge in [-0.25, -0.2) is 0 Å². The van der Waals surface area contributed by atoms with Crippen molar-refractivity contribution in [2.45, 2.75) is 37.8 Å². The number of nitrogens with one attached hydrogen (secondary N) is 1. The van der Waals surface area contributed by atoms with Gasteiger partial charge in [0.1, 0.15) is 0 Å². The van der Waals surface area contributed by atoms with Crippen LogP contribution in [0.25, 0.3) is 0 Å². The lowest BCUT2D eigenvalue weighted by Crippen LogP contribution is -2.42. The molecule has 2 atom stereocenters. The highest BCUT2D eigenvalue weighted by molar-refractivity contribution is 9.10. The summed E-state index contributed by atoms with van der Waals surface area (Å²) in [5, 5.41) is 3.65. The number of benzene rings is 1. The average Bonchev–Trinajstić information content (AvgIpc) is 2.77. The van der Waals surface area contributed by atoms with Gasteiger partial charge in [0.05, 0.1) is 0 Å². The molecule has 1 amide bonds. The Bertz CT molecular complexity index is 493. The van der Waals surface area contributed by atoms with Crippen LogP contribution >= 0.6 is 15.9 Å². The fourth-order valence-corrected chi connectivity index (χ4v) is 4.04. The van der Waals surface area contributed by atoms with Crippen LogP contribution in [-0.4, -0.2) is 36.5 Å². The number of rotatable bonds is 3. The van der Waals surface area contributed by atoms with E-state index in [1.54, 1.807) is 0 Å². The highest BCUT2D eigenvalue weighted by Gasteiger charge is 2.34. The minimum atomic E-state index is 0.122. The Morgan fingerprint density at radius 1 is 1.35 bits per heavy atom. The van der Waals surface area contributed by atoms with E-state index in [2.05, 4.69) is 21.2 Å². The second-order valence-electron chi connectivity index (χ2n) is 6.17. The minimum Gasteiger partial charge on any atom is -0.341 e. The van der Waals surface area contributed by atoms with Crippen molar-refractivity contribution in [3.63, 3.8) is 0 Å². The molecule has 3 nitrogen and oxygen atoms in total. The van der Waals surface area contributed by atoms with Crippen molar-refractivity contribution >= 4 is 21.8 Å². The SMILES string of the molecule is CN(CC1CC2CCC(C1)N2)C(=O)c1cccc(Br)c1. The highest BCUT2D eigenvalue weighted by atomic mass is 79.9. The van der Waals surface area contributed by atoms with E-state index in [-0.39, 0.29) is 5.91 Å². The van der Waals surface area contributed by atoms with Gasteiger partial charge in [0.2, 0.25) is 0 Å². The molecule has 2 aliphatic heterocycles. The number of piperidine rings is 1. The summed E-state index contributed by atoms with van der Waals surface area (Å²) in [5.41, 5.74) is 0.763. The van der Waals surface area contributed by atoms with Gasteiger partial charge in [-0.05, 0) is 49.8 Å². The van der Waals surface area contributed by atoms with E-state index in [0.717, 1.165) is 16.6 Å². The van der Waals surface area contributed by atoms with Crippen molar-refractivity contribution in [3.05, 3.63) is 34.3 Å². The lowest BCUT2D eigenvalue weighted by molar-refractivity contribution is 0.0754. The van der Waals surface area contributed by atoms with E-state index in [1.165, 1.54) is 25.7 Å². The van der Waals surface area contributed by atoms with Crippen LogP contribution in [-0.2, 0) is 0 Å². The number of carbonyl (C=O) groups is 1. The fraction of sp³-hybridized carbons (Fsp3) is 0.562. The summed E-state index contributed by atoms with van der Waals surface area (Å²) in [6.07, 6.45) is 5.05. The van der Waals surface area contributed by atoms with Gasteiger partial charge in [0.15, 0.2) is 0 Å². The first-order valence-corrected chi connectivity index (χ1v) is 8.18. The van der Waals surface area contributed by atoms with Crippen molar-refractivity contribution < 1.29 is 4.79 Å². The molecule has 2 saturated heterocycles. The fourth-order valence-electron chi connectivity index (χ4n) is 3.64. The van der Waals surface area contributed by atoms with Gasteiger partial charge < -0.3 is 10.2 Å². The topological polar surface area (TPSA) is 32.3 Å². The van der Waals surface area contributed by atoms with Crippen molar-refractivity contribution in [2.75, 3.05) is 13.6 Å². The monoisotopic (exact) mass is 336 g/mol. The predicted molar refractivity (Wildman–Crippen MR) is 83.8 cm³/mol. The summed E-state index contributed by atoms with van der Waals surface area (Å²) in [4.78, 5) is 14.3. The summed E-state index contributed by atoms with van der Waals surface area (Å²) in [6, 6.07) is 9.01. The van der Waals surface area contributed by atoms with E-state index in [1.807, 2.05) is 36.2 Å². The molecular weight excluding hydrogens is 316 g/mol. The van der Waals surface area contributed by atoms with Gasteiger partial charge >= 0.3 is 0 Å². The van der Waals surface area contributed by atoms with Crippen LogP contribution < -0.4 is 5.32 Å². The summed E-state index contributed by atoms with van der Waals surface area (Å²) < 4.78 is 0.955. The van der Waals surface area contributed by atoms with Gasteiger partial charge in [-0.3, -0.25) is 4.79 Å². The number of amides is 1. The van der Waals surface area contributed by atoms with Crippen LogP contribution in [0.5, 0.6) is 0 Å². The molecule has 1 aromatic rings. The van der Waals surface area contributed by atoms with Crippen molar-refractivity contribution in [2.24, 2.45) is 5.92 Å². The molecule has 2 aliphatic rings. The number of fused-ring (bicyclic) bond motifs is 2. The Morgan fingerprint density at radius 3 is 2.70 bits per heavy atom. The molecule has 4 heteroatoms. The van der Waals surface area contributed by atoms with E-state index in [9.17, 15) is 4.79 Å². The van der Waals surface area contributed by atoms with Gasteiger partial charge in [-0.15, -0.1) is 0 Å². The molecule has 0 saturated carbocycles.